The first kappa shape index (κ1) is 15.7. The monoisotopic (exact) mass is 344 g/mol. The summed E-state index contributed by atoms with van der Waals surface area (Å²) in [6.07, 6.45) is 5.18. The summed E-state index contributed by atoms with van der Waals surface area (Å²) >= 11 is 0. The van der Waals surface area contributed by atoms with Crippen LogP contribution in [-0.2, 0) is 29.7 Å². The molecule has 0 N–H and O–H groups in total. The molecule has 0 spiro atoms. The lowest BCUT2D eigenvalue weighted by Crippen LogP contribution is -2.39. The van der Waals surface area contributed by atoms with Crippen molar-refractivity contribution in [1.29, 1.82) is 0 Å². The molecule has 1 fully saturated rings. The molecule has 1 aliphatic heterocycles. The summed E-state index contributed by atoms with van der Waals surface area (Å²) in [5, 5.41) is 1.37. The van der Waals surface area contributed by atoms with Gasteiger partial charge in [0.2, 0.25) is 5.91 Å². The molecule has 5 rings (SSSR count). The van der Waals surface area contributed by atoms with Crippen LogP contribution in [0.5, 0.6) is 0 Å². The van der Waals surface area contributed by atoms with E-state index >= 15 is 0 Å². The number of rotatable bonds is 3. The van der Waals surface area contributed by atoms with Gasteiger partial charge in [-0.1, -0.05) is 42.5 Å². The number of hydrogen-bond donors (Lipinski definition) is 0. The van der Waals surface area contributed by atoms with Crippen LogP contribution in [-0.4, -0.2) is 21.9 Å². The molecular formula is C23H24N2O. The number of carbonyl (C=O) groups is 1. The van der Waals surface area contributed by atoms with Crippen molar-refractivity contribution in [2.24, 2.45) is 0 Å². The first-order valence-corrected chi connectivity index (χ1v) is 9.67. The molecule has 3 aromatic rings. The maximum atomic E-state index is 13.5. The molecule has 2 aliphatic rings. The predicted octanol–water partition coefficient (Wildman–Crippen LogP) is 4.28. The Balaban J connectivity index is 1.51. The van der Waals surface area contributed by atoms with Gasteiger partial charge in [-0.15, -0.1) is 0 Å². The Morgan fingerprint density at radius 2 is 1.85 bits per heavy atom. The zero-order valence-electron chi connectivity index (χ0n) is 15.2. The third-order valence-corrected chi connectivity index (χ3v) is 6.20. The average molecular weight is 344 g/mol. The molecule has 3 nitrogen and oxygen atoms in total. The van der Waals surface area contributed by atoms with E-state index in [9.17, 15) is 4.79 Å². The Morgan fingerprint density at radius 3 is 2.58 bits per heavy atom. The first-order chi connectivity index (χ1) is 12.7. The maximum absolute atomic E-state index is 13.5. The molecule has 1 amide bonds. The van der Waals surface area contributed by atoms with E-state index in [4.69, 9.17) is 0 Å². The predicted molar refractivity (Wildman–Crippen MR) is 104 cm³/mol. The first-order valence-electron chi connectivity index (χ1n) is 9.67. The molecule has 0 radical (unpaired) electrons. The molecule has 0 atom stereocenters. The molecule has 0 saturated heterocycles. The second kappa shape index (κ2) is 5.73. The van der Waals surface area contributed by atoms with Crippen molar-refractivity contribution in [3.63, 3.8) is 0 Å². The fraction of sp³-hybridized carbons (Fsp3) is 0.348. The highest BCUT2D eigenvalue weighted by Crippen LogP contribution is 2.50. The molecule has 1 aliphatic carbocycles. The quantitative estimate of drug-likeness (QED) is 0.696. The van der Waals surface area contributed by atoms with Crippen LogP contribution in [0.15, 0.2) is 54.7 Å². The Labute approximate surface area is 154 Å². The van der Waals surface area contributed by atoms with Gasteiger partial charge in [0.05, 0.1) is 5.41 Å². The van der Waals surface area contributed by atoms with Gasteiger partial charge in [-0.2, -0.15) is 0 Å². The summed E-state index contributed by atoms with van der Waals surface area (Å²) in [5.41, 5.74) is 4.89. The lowest BCUT2D eigenvalue weighted by Gasteiger charge is -2.27. The van der Waals surface area contributed by atoms with E-state index in [0.717, 1.165) is 38.9 Å². The third-order valence-electron chi connectivity index (χ3n) is 6.20. The van der Waals surface area contributed by atoms with Gasteiger partial charge in [0.1, 0.15) is 0 Å². The molecule has 132 valence electrons. The fourth-order valence-corrected chi connectivity index (χ4v) is 4.63. The molecule has 2 heterocycles. The van der Waals surface area contributed by atoms with Crippen molar-refractivity contribution in [1.82, 2.24) is 9.47 Å². The van der Waals surface area contributed by atoms with Gasteiger partial charge >= 0.3 is 0 Å². The van der Waals surface area contributed by atoms with Crippen molar-refractivity contribution in [3.05, 3.63) is 71.4 Å². The van der Waals surface area contributed by atoms with E-state index in [-0.39, 0.29) is 5.41 Å². The zero-order chi connectivity index (χ0) is 17.7. The number of amides is 1. The maximum Gasteiger partial charge on any atom is 0.233 e. The normalized spacial score (nSPS) is 18.0. The summed E-state index contributed by atoms with van der Waals surface area (Å²) < 4.78 is 2.33. The number of carbonyl (C=O) groups excluding carboxylic acids is 1. The van der Waals surface area contributed by atoms with E-state index in [0.29, 0.717) is 5.91 Å². The highest BCUT2D eigenvalue weighted by molar-refractivity contribution is 5.93. The van der Waals surface area contributed by atoms with Crippen LogP contribution < -0.4 is 0 Å². The second-order valence-electron chi connectivity index (χ2n) is 7.68. The van der Waals surface area contributed by atoms with Gasteiger partial charge in [-0.3, -0.25) is 4.79 Å². The molecule has 0 unspecified atom stereocenters. The summed E-state index contributed by atoms with van der Waals surface area (Å²) in [4.78, 5) is 15.6. The van der Waals surface area contributed by atoms with E-state index < -0.39 is 0 Å². The van der Waals surface area contributed by atoms with Gasteiger partial charge in [0.15, 0.2) is 0 Å². The number of aryl methyl sites for hydroxylation is 1. The van der Waals surface area contributed by atoms with Crippen molar-refractivity contribution in [3.8, 4) is 0 Å². The standard InChI is InChI=1S/C23H24N2O/c1-2-24-15-18-11-14-25(16-17-7-6-10-20(24)21(17)18)22(26)23(12-13-23)19-8-4-3-5-9-19/h3-10,15H,2,11-14,16H2,1H3. The Kier molecular flexibility index (Phi) is 3.46. The summed E-state index contributed by atoms with van der Waals surface area (Å²) in [5.74, 6) is 0.314. The second-order valence-corrected chi connectivity index (χ2v) is 7.68. The summed E-state index contributed by atoms with van der Waals surface area (Å²) in [6.45, 7) is 4.71. The highest BCUT2D eigenvalue weighted by Gasteiger charge is 2.53. The van der Waals surface area contributed by atoms with Gasteiger partial charge in [0, 0.05) is 36.7 Å². The minimum absolute atomic E-state index is 0.271. The van der Waals surface area contributed by atoms with Crippen LogP contribution in [0.1, 0.15) is 36.5 Å². The van der Waals surface area contributed by atoms with Crippen LogP contribution in [0.4, 0.5) is 0 Å². The lowest BCUT2D eigenvalue weighted by atomic mass is 9.94. The zero-order valence-corrected chi connectivity index (χ0v) is 15.2. The minimum atomic E-state index is -0.271. The number of hydrogen-bond acceptors (Lipinski definition) is 1. The van der Waals surface area contributed by atoms with Gasteiger partial charge in [-0.25, -0.2) is 0 Å². The summed E-state index contributed by atoms with van der Waals surface area (Å²) in [7, 11) is 0. The molecule has 26 heavy (non-hydrogen) atoms. The molecule has 1 aromatic heterocycles. The van der Waals surface area contributed by atoms with Crippen LogP contribution in [0.3, 0.4) is 0 Å². The number of benzene rings is 2. The Hall–Kier alpha value is -2.55. The van der Waals surface area contributed by atoms with Crippen LogP contribution in [0.2, 0.25) is 0 Å². The topological polar surface area (TPSA) is 25.2 Å². The largest absolute Gasteiger partial charge is 0.347 e. The lowest BCUT2D eigenvalue weighted by molar-refractivity contribution is -0.134. The average Bonchev–Trinajstić information content (AvgIpc) is 3.44. The van der Waals surface area contributed by atoms with Crippen molar-refractivity contribution < 1.29 is 4.79 Å². The molecule has 2 aromatic carbocycles. The molecule has 3 heteroatoms. The minimum Gasteiger partial charge on any atom is -0.347 e. The van der Waals surface area contributed by atoms with Crippen molar-refractivity contribution >= 4 is 16.8 Å². The Bertz CT molecular complexity index is 982. The SMILES string of the molecule is CCn1cc2c3c(cccc31)CN(C(=O)C1(c3ccccc3)CC1)CC2. The number of nitrogens with zero attached hydrogens (tertiary/aromatic N) is 2. The van der Waals surface area contributed by atoms with E-state index in [1.54, 1.807) is 0 Å². The number of aromatic nitrogens is 1. The van der Waals surface area contributed by atoms with E-state index in [1.807, 2.05) is 18.2 Å². The molecular weight excluding hydrogens is 320 g/mol. The fourth-order valence-electron chi connectivity index (χ4n) is 4.63. The van der Waals surface area contributed by atoms with Crippen LogP contribution in [0.25, 0.3) is 10.9 Å². The molecule has 0 bridgehead atoms. The smallest absolute Gasteiger partial charge is 0.233 e. The van der Waals surface area contributed by atoms with Crippen LogP contribution in [0, 0.1) is 0 Å². The van der Waals surface area contributed by atoms with E-state index in [2.05, 4.69) is 52.9 Å². The van der Waals surface area contributed by atoms with Crippen LogP contribution >= 0.6 is 0 Å². The van der Waals surface area contributed by atoms with Gasteiger partial charge in [0.25, 0.3) is 0 Å². The van der Waals surface area contributed by atoms with Gasteiger partial charge in [-0.05, 0) is 48.9 Å². The highest BCUT2D eigenvalue weighted by atomic mass is 16.2. The molecule has 1 saturated carbocycles. The van der Waals surface area contributed by atoms with Crippen molar-refractivity contribution in [2.75, 3.05) is 6.54 Å². The Morgan fingerprint density at radius 1 is 1.04 bits per heavy atom. The van der Waals surface area contributed by atoms with E-state index in [1.165, 1.54) is 27.6 Å². The summed E-state index contributed by atoms with van der Waals surface area (Å²) in [6, 6.07) is 16.9. The van der Waals surface area contributed by atoms with Gasteiger partial charge < -0.3 is 9.47 Å². The van der Waals surface area contributed by atoms with Crippen molar-refractivity contribution in [2.45, 2.75) is 44.7 Å². The third kappa shape index (κ3) is 2.23.